The van der Waals surface area contributed by atoms with Crippen molar-refractivity contribution in [1.82, 2.24) is 0 Å². The summed E-state index contributed by atoms with van der Waals surface area (Å²) in [7, 11) is 0. The topological polar surface area (TPSA) is 9.23 Å². The van der Waals surface area contributed by atoms with E-state index in [9.17, 15) is 0 Å². The third-order valence-corrected chi connectivity index (χ3v) is 3.18. The van der Waals surface area contributed by atoms with Crippen LogP contribution in [0.4, 0.5) is 0 Å². The predicted molar refractivity (Wildman–Crippen MR) is 83.3 cm³/mol. The quantitative estimate of drug-likeness (QED) is 0.718. The van der Waals surface area contributed by atoms with Gasteiger partial charge in [0.25, 0.3) is 0 Å². The Morgan fingerprint density at radius 2 is 1.32 bits per heavy atom. The van der Waals surface area contributed by atoms with Gasteiger partial charge in [-0.1, -0.05) is 74.5 Å². The molecule has 0 N–H and O–H groups in total. The van der Waals surface area contributed by atoms with Crippen LogP contribution < -0.4 is 10.9 Å². The maximum absolute atomic E-state index is 6.13. The van der Waals surface area contributed by atoms with E-state index >= 15 is 0 Å². The third kappa shape index (κ3) is 4.25. The number of hydrogen-bond donors (Lipinski definition) is 0. The average molecular weight is 252 g/mol. The van der Waals surface area contributed by atoms with Gasteiger partial charge in [-0.05, 0) is 23.3 Å². The molecule has 2 heteroatoms. The van der Waals surface area contributed by atoms with E-state index in [4.69, 9.17) is 4.65 Å². The van der Waals surface area contributed by atoms with Crippen molar-refractivity contribution in [2.45, 2.75) is 20.3 Å². The fraction of sp³-hybridized carbons (Fsp3) is 0.294. The van der Waals surface area contributed by atoms with Crippen LogP contribution in [0.1, 0.15) is 20.3 Å². The van der Waals surface area contributed by atoms with Crippen LogP contribution in [-0.2, 0) is 4.65 Å². The van der Waals surface area contributed by atoms with Crippen molar-refractivity contribution < 1.29 is 4.65 Å². The minimum atomic E-state index is 0.0427. The van der Waals surface area contributed by atoms with Crippen LogP contribution >= 0.6 is 0 Å². The summed E-state index contributed by atoms with van der Waals surface area (Å²) in [5.74, 6) is 0.673. The van der Waals surface area contributed by atoms with E-state index in [2.05, 4.69) is 62.4 Å². The maximum Gasteiger partial charge on any atom is 0.361 e. The number of hydrogen-bond acceptors (Lipinski definition) is 1. The molecule has 0 aliphatic carbocycles. The lowest BCUT2D eigenvalue weighted by atomic mass is 9.55. The molecule has 2 rings (SSSR count). The summed E-state index contributed by atoms with van der Waals surface area (Å²) in [6.45, 7) is 5.29. The lowest BCUT2D eigenvalue weighted by Gasteiger charge is -2.16. The molecule has 2 aromatic rings. The van der Waals surface area contributed by atoms with Gasteiger partial charge >= 0.3 is 6.92 Å². The van der Waals surface area contributed by atoms with E-state index in [0.717, 1.165) is 13.0 Å². The average Bonchev–Trinajstić information content (AvgIpc) is 2.45. The van der Waals surface area contributed by atoms with E-state index in [1.165, 1.54) is 10.9 Å². The van der Waals surface area contributed by atoms with Gasteiger partial charge in [0.1, 0.15) is 0 Å². The SMILES string of the molecule is CC(C)CCOB(c1ccccc1)c1ccccc1. The molecule has 0 atom stereocenters. The number of rotatable bonds is 6. The molecule has 0 fully saturated rings. The maximum atomic E-state index is 6.13. The second kappa shape index (κ2) is 7.15. The van der Waals surface area contributed by atoms with E-state index < -0.39 is 0 Å². The van der Waals surface area contributed by atoms with E-state index in [1.54, 1.807) is 0 Å². The summed E-state index contributed by atoms with van der Waals surface area (Å²) in [5, 5.41) is 0. The van der Waals surface area contributed by atoms with Crippen LogP contribution in [0.2, 0.25) is 0 Å². The summed E-state index contributed by atoms with van der Waals surface area (Å²) >= 11 is 0. The molecule has 98 valence electrons. The monoisotopic (exact) mass is 252 g/mol. The predicted octanol–water partition coefficient (Wildman–Crippen LogP) is 2.86. The van der Waals surface area contributed by atoms with Gasteiger partial charge < -0.3 is 4.65 Å². The zero-order valence-electron chi connectivity index (χ0n) is 11.8. The largest absolute Gasteiger partial charge is 0.427 e. The second-order valence-corrected chi connectivity index (χ2v) is 5.25. The molecule has 0 unspecified atom stereocenters. The molecule has 0 amide bonds. The Hall–Kier alpha value is -1.54. The molecule has 0 aromatic heterocycles. The van der Waals surface area contributed by atoms with Crippen LogP contribution in [0.25, 0.3) is 0 Å². The van der Waals surface area contributed by atoms with Gasteiger partial charge in [0.15, 0.2) is 0 Å². The molecule has 0 heterocycles. The summed E-state index contributed by atoms with van der Waals surface area (Å²) in [6, 6.07) is 20.9. The van der Waals surface area contributed by atoms with Crippen molar-refractivity contribution in [3.05, 3.63) is 60.7 Å². The highest BCUT2D eigenvalue weighted by molar-refractivity contribution is 6.80. The number of benzene rings is 2. The fourth-order valence-corrected chi connectivity index (χ4v) is 2.06. The summed E-state index contributed by atoms with van der Waals surface area (Å²) in [4.78, 5) is 0. The Morgan fingerprint density at radius 3 is 1.74 bits per heavy atom. The van der Waals surface area contributed by atoms with Gasteiger partial charge in [-0.15, -0.1) is 0 Å². The molecule has 0 bridgehead atoms. The summed E-state index contributed by atoms with van der Waals surface area (Å²) in [5.41, 5.74) is 2.44. The van der Waals surface area contributed by atoms with Gasteiger partial charge in [0, 0.05) is 6.61 Å². The van der Waals surface area contributed by atoms with Crippen molar-refractivity contribution in [2.24, 2.45) is 5.92 Å². The van der Waals surface area contributed by atoms with Crippen LogP contribution in [0.15, 0.2) is 60.7 Å². The highest BCUT2D eigenvalue weighted by Gasteiger charge is 2.20. The summed E-state index contributed by atoms with van der Waals surface area (Å²) < 4.78 is 6.13. The Labute approximate surface area is 116 Å². The normalized spacial score (nSPS) is 10.7. The van der Waals surface area contributed by atoms with Crippen LogP contribution in [0.3, 0.4) is 0 Å². The van der Waals surface area contributed by atoms with Crippen LogP contribution in [-0.4, -0.2) is 13.5 Å². The van der Waals surface area contributed by atoms with Crippen LogP contribution in [0, 0.1) is 5.92 Å². The summed E-state index contributed by atoms with van der Waals surface area (Å²) in [6.07, 6.45) is 1.09. The standard InChI is InChI=1S/C17H21BO/c1-15(2)13-14-19-18(16-9-5-3-6-10-16)17-11-7-4-8-12-17/h3-12,15H,13-14H2,1-2H3. The molecule has 19 heavy (non-hydrogen) atoms. The minimum Gasteiger partial charge on any atom is -0.427 e. The lowest BCUT2D eigenvalue weighted by molar-refractivity contribution is 0.301. The Bertz CT molecular complexity index is 428. The molecule has 0 spiro atoms. The van der Waals surface area contributed by atoms with Gasteiger partial charge in [-0.3, -0.25) is 0 Å². The van der Waals surface area contributed by atoms with Gasteiger partial charge in [0.2, 0.25) is 0 Å². The molecule has 0 aliphatic heterocycles. The second-order valence-electron chi connectivity index (χ2n) is 5.25. The first-order valence-electron chi connectivity index (χ1n) is 6.99. The Morgan fingerprint density at radius 1 is 0.842 bits per heavy atom. The van der Waals surface area contributed by atoms with Crippen molar-refractivity contribution >= 4 is 17.8 Å². The molecule has 0 saturated carbocycles. The first-order valence-corrected chi connectivity index (χ1v) is 6.99. The Balaban J connectivity index is 2.14. The molecule has 2 aromatic carbocycles. The zero-order chi connectivity index (χ0) is 13.5. The van der Waals surface area contributed by atoms with E-state index in [1.807, 2.05) is 12.1 Å². The van der Waals surface area contributed by atoms with Gasteiger partial charge in [0.05, 0.1) is 0 Å². The molecule has 1 nitrogen and oxygen atoms in total. The highest BCUT2D eigenvalue weighted by Crippen LogP contribution is 2.01. The molecular weight excluding hydrogens is 231 g/mol. The van der Waals surface area contributed by atoms with Gasteiger partial charge in [-0.25, -0.2) is 0 Å². The first kappa shape index (κ1) is 13.9. The molecule has 0 radical (unpaired) electrons. The van der Waals surface area contributed by atoms with Crippen molar-refractivity contribution in [3.63, 3.8) is 0 Å². The van der Waals surface area contributed by atoms with Crippen molar-refractivity contribution in [2.75, 3.05) is 6.61 Å². The minimum absolute atomic E-state index is 0.0427. The molecular formula is C17H21BO. The first-order chi connectivity index (χ1) is 9.27. The Kier molecular flexibility index (Phi) is 5.23. The fourth-order valence-electron chi connectivity index (χ4n) is 2.06. The molecule has 0 saturated heterocycles. The zero-order valence-corrected chi connectivity index (χ0v) is 11.8. The lowest BCUT2D eigenvalue weighted by Crippen LogP contribution is -2.45. The van der Waals surface area contributed by atoms with Gasteiger partial charge in [-0.2, -0.15) is 0 Å². The van der Waals surface area contributed by atoms with Crippen molar-refractivity contribution in [1.29, 1.82) is 0 Å². The van der Waals surface area contributed by atoms with Crippen molar-refractivity contribution in [3.8, 4) is 0 Å². The van der Waals surface area contributed by atoms with Crippen LogP contribution in [0.5, 0.6) is 0 Å². The smallest absolute Gasteiger partial charge is 0.361 e. The van der Waals surface area contributed by atoms with E-state index in [-0.39, 0.29) is 6.92 Å². The molecule has 0 aliphatic rings. The highest BCUT2D eigenvalue weighted by atomic mass is 16.4. The van der Waals surface area contributed by atoms with E-state index in [0.29, 0.717) is 5.92 Å². The third-order valence-electron chi connectivity index (χ3n) is 3.18.